The van der Waals surface area contributed by atoms with Crippen LogP contribution >= 0.6 is 0 Å². The van der Waals surface area contributed by atoms with Gasteiger partial charge in [-0.3, -0.25) is 0 Å². The highest BCUT2D eigenvalue weighted by Gasteiger charge is 2.25. The average molecular weight is 261 g/mol. The maximum Gasteiger partial charge on any atom is 0.245 e. The third-order valence-corrected chi connectivity index (χ3v) is 4.57. The highest BCUT2D eigenvalue weighted by atomic mass is 32.2. The largest absolute Gasteiger partial charge is 0.392 e. The Labute approximate surface area is 101 Å². The summed E-state index contributed by atoms with van der Waals surface area (Å²) < 4.78 is 38.9. The Hall–Kier alpha value is -0.980. The van der Waals surface area contributed by atoms with Crippen LogP contribution < -0.4 is 0 Å². The van der Waals surface area contributed by atoms with Gasteiger partial charge < -0.3 is 5.11 Å². The number of benzene rings is 1. The molecule has 0 fully saturated rings. The summed E-state index contributed by atoms with van der Waals surface area (Å²) in [6.45, 7) is 3.62. The fraction of sp³-hybridized carbons (Fsp3) is 0.455. The molecule has 0 atom stereocenters. The molecule has 0 saturated carbocycles. The molecule has 1 N–H and O–H groups in total. The topological polar surface area (TPSA) is 57.6 Å². The van der Waals surface area contributed by atoms with Crippen LogP contribution in [0.3, 0.4) is 0 Å². The average Bonchev–Trinajstić information content (AvgIpc) is 2.30. The first-order valence-electron chi connectivity index (χ1n) is 5.36. The Morgan fingerprint density at radius 3 is 2.35 bits per heavy atom. The molecule has 0 aliphatic rings. The SMILES string of the molecule is CCN(CC)S(=O)(=O)c1cc(CO)ccc1F. The first kappa shape index (κ1) is 14.1. The van der Waals surface area contributed by atoms with Gasteiger partial charge in [0.05, 0.1) is 6.61 Å². The molecule has 6 heteroatoms. The summed E-state index contributed by atoms with van der Waals surface area (Å²) >= 11 is 0. The highest BCUT2D eigenvalue weighted by molar-refractivity contribution is 7.89. The molecule has 1 rings (SSSR count). The van der Waals surface area contributed by atoms with Gasteiger partial charge in [0.15, 0.2) is 0 Å². The smallest absolute Gasteiger partial charge is 0.245 e. The molecule has 0 aromatic heterocycles. The van der Waals surface area contributed by atoms with Gasteiger partial charge in [-0.2, -0.15) is 4.31 Å². The fourth-order valence-corrected chi connectivity index (χ4v) is 3.12. The van der Waals surface area contributed by atoms with E-state index in [0.29, 0.717) is 5.56 Å². The minimum atomic E-state index is -3.82. The Morgan fingerprint density at radius 1 is 1.29 bits per heavy atom. The van der Waals surface area contributed by atoms with Gasteiger partial charge in [-0.05, 0) is 17.7 Å². The van der Waals surface area contributed by atoms with Gasteiger partial charge in [-0.15, -0.1) is 0 Å². The van der Waals surface area contributed by atoms with Gasteiger partial charge >= 0.3 is 0 Å². The molecule has 0 aliphatic heterocycles. The Morgan fingerprint density at radius 2 is 1.88 bits per heavy atom. The minimum absolute atomic E-state index is 0.279. The number of aliphatic hydroxyl groups is 1. The number of sulfonamides is 1. The number of aliphatic hydroxyl groups excluding tert-OH is 1. The summed E-state index contributed by atoms with van der Waals surface area (Å²) in [6, 6.07) is 3.58. The van der Waals surface area contributed by atoms with E-state index in [-0.39, 0.29) is 24.6 Å². The van der Waals surface area contributed by atoms with Crippen LogP contribution in [-0.4, -0.2) is 30.9 Å². The van der Waals surface area contributed by atoms with Gasteiger partial charge in [-0.1, -0.05) is 19.9 Å². The predicted octanol–water partition coefficient (Wildman–Crippen LogP) is 1.35. The molecule has 1 aromatic carbocycles. The van der Waals surface area contributed by atoms with Crippen LogP contribution in [0.25, 0.3) is 0 Å². The molecule has 0 spiro atoms. The summed E-state index contributed by atoms with van der Waals surface area (Å²) in [4.78, 5) is -0.382. The third kappa shape index (κ3) is 2.83. The van der Waals surface area contributed by atoms with Crippen LogP contribution in [0.4, 0.5) is 4.39 Å². The van der Waals surface area contributed by atoms with Gasteiger partial charge in [0, 0.05) is 13.1 Å². The van der Waals surface area contributed by atoms with Gasteiger partial charge in [0.25, 0.3) is 0 Å². The lowest BCUT2D eigenvalue weighted by Crippen LogP contribution is -2.31. The van der Waals surface area contributed by atoms with Crippen molar-refractivity contribution < 1.29 is 17.9 Å². The predicted molar refractivity (Wildman–Crippen MR) is 62.4 cm³/mol. The lowest BCUT2D eigenvalue weighted by Gasteiger charge is -2.19. The molecule has 0 unspecified atom stereocenters. The van der Waals surface area contributed by atoms with Crippen molar-refractivity contribution in [2.24, 2.45) is 0 Å². The molecule has 0 bridgehead atoms. The van der Waals surface area contributed by atoms with Crippen LogP contribution in [-0.2, 0) is 16.6 Å². The van der Waals surface area contributed by atoms with Crippen molar-refractivity contribution in [1.82, 2.24) is 4.31 Å². The Bertz CT molecular complexity index is 483. The summed E-state index contributed by atoms with van der Waals surface area (Å²) in [5.74, 6) is -0.797. The molecule has 17 heavy (non-hydrogen) atoms. The molecular formula is C11H16FNO3S. The third-order valence-electron chi connectivity index (χ3n) is 2.50. The molecule has 0 radical (unpaired) electrons. The van der Waals surface area contributed by atoms with Gasteiger partial charge in [0.2, 0.25) is 10.0 Å². The van der Waals surface area contributed by atoms with Crippen molar-refractivity contribution in [2.75, 3.05) is 13.1 Å². The van der Waals surface area contributed by atoms with E-state index in [1.807, 2.05) is 0 Å². The summed E-state index contributed by atoms with van der Waals surface area (Å²) in [5, 5.41) is 8.94. The lowest BCUT2D eigenvalue weighted by atomic mass is 10.2. The van der Waals surface area contributed by atoms with Crippen LogP contribution in [0.15, 0.2) is 23.1 Å². The quantitative estimate of drug-likeness (QED) is 0.870. The number of halogens is 1. The number of hydrogen-bond donors (Lipinski definition) is 1. The Kier molecular flexibility index (Phi) is 4.62. The molecule has 0 saturated heterocycles. The van der Waals surface area contributed by atoms with E-state index in [2.05, 4.69) is 0 Å². The summed E-state index contributed by atoms with van der Waals surface area (Å²) in [5.41, 5.74) is 0.372. The molecule has 0 aliphatic carbocycles. The van der Waals surface area contributed by atoms with Crippen molar-refractivity contribution in [3.8, 4) is 0 Å². The van der Waals surface area contributed by atoms with Crippen molar-refractivity contribution in [3.05, 3.63) is 29.6 Å². The minimum Gasteiger partial charge on any atom is -0.392 e. The summed E-state index contributed by atoms with van der Waals surface area (Å²) in [6.07, 6.45) is 0. The number of nitrogens with zero attached hydrogens (tertiary/aromatic N) is 1. The second-order valence-corrected chi connectivity index (χ2v) is 5.42. The zero-order chi connectivity index (χ0) is 13.1. The molecule has 0 heterocycles. The van der Waals surface area contributed by atoms with Gasteiger partial charge in [0.1, 0.15) is 10.7 Å². The van der Waals surface area contributed by atoms with Crippen LogP contribution in [0, 0.1) is 5.82 Å². The van der Waals surface area contributed by atoms with E-state index in [4.69, 9.17) is 5.11 Å². The molecule has 4 nitrogen and oxygen atoms in total. The first-order chi connectivity index (χ1) is 7.97. The maximum atomic E-state index is 13.5. The zero-order valence-corrected chi connectivity index (χ0v) is 10.7. The normalized spacial score (nSPS) is 12.1. The highest BCUT2D eigenvalue weighted by Crippen LogP contribution is 2.20. The van der Waals surface area contributed by atoms with Crippen molar-refractivity contribution in [2.45, 2.75) is 25.3 Å². The standard InChI is InChI=1S/C11H16FNO3S/c1-3-13(4-2)17(15,16)11-7-9(8-14)5-6-10(11)12/h5-7,14H,3-4,8H2,1-2H3. The molecule has 1 aromatic rings. The summed E-state index contributed by atoms with van der Waals surface area (Å²) in [7, 11) is -3.82. The van der Waals surface area contributed by atoms with Crippen LogP contribution in [0.1, 0.15) is 19.4 Å². The second kappa shape index (κ2) is 5.57. The van der Waals surface area contributed by atoms with Crippen LogP contribution in [0.5, 0.6) is 0 Å². The van der Waals surface area contributed by atoms with Crippen LogP contribution in [0.2, 0.25) is 0 Å². The second-order valence-electron chi connectivity index (χ2n) is 3.51. The number of rotatable bonds is 5. The van der Waals surface area contributed by atoms with E-state index in [0.717, 1.165) is 6.07 Å². The maximum absolute atomic E-state index is 13.5. The number of hydrogen-bond acceptors (Lipinski definition) is 3. The lowest BCUT2D eigenvalue weighted by molar-refractivity contribution is 0.281. The van der Waals surface area contributed by atoms with E-state index in [1.165, 1.54) is 16.4 Å². The van der Waals surface area contributed by atoms with Crippen molar-refractivity contribution in [1.29, 1.82) is 0 Å². The fourth-order valence-electron chi connectivity index (χ4n) is 1.55. The van der Waals surface area contributed by atoms with E-state index >= 15 is 0 Å². The van der Waals surface area contributed by atoms with Crippen molar-refractivity contribution >= 4 is 10.0 Å². The van der Waals surface area contributed by atoms with Crippen molar-refractivity contribution in [3.63, 3.8) is 0 Å². The Balaban J connectivity index is 3.31. The van der Waals surface area contributed by atoms with E-state index in [9.17, 15) is 12.8 Å². The molecular weight excluding hydrogens is 245 g/mol. The van der Waals surface area contributed by atoms with E-state index < -0.39 is 15.8 Å². The van der Waals surface area contributed by atoms with E-state index in [1.54, 1.807) is 13.8 Å². The first-order valence-corrected chi connectivity index (χ1v) is 6.80. The molecule has 96 valence electrons. The zero-order valence-electron chi connectivity index (χ0n) is 9.85. The monoisotopic (exact) mass is 261 g/mol. The molecule has 0 amide bonds. The van der Waals surface area contributed by atoms with Gasteiger partial charge in [-0.25, -0.2) is 12.8 Å².